The van der Waals surface area contributed by atoms with Gasteiger partial charge in [-0.15, -0.1) is 0 Å². The Morgan fingerprint density at radius 3 is 2.75 bits per heavy atom. The molecule has 0 radical (unpaired) electrons. The number of nitrogens with one attached hydrogen (secondary N) is 2. The number of hydrogen-bond acceptors (Lipinski definition) is 5. The number of rotatable bonds is 3. The Morgan fingerprint density at radius 1 is 1.15 bits per heavy atom. The Labute approximate surface area is 117 Å². The fourth-order valence-electron chi connectivity index (χ4n) is 2.15. The molecule has 0 bridgehead atoms. The van der Waals surface area contributed by atoms with E-state index in [0.717, 1.165) is 18.5 Å². The minimum absolute atomic E-state index is 0.0725. The molecule has 0 unspecified atom stereocenters. The number of aromatic nitrogens is 2. The summed E-state index contributed by atoms with van der Waals surface area (Å²) in [6.07, 6.45) is 3.90. The van der Waals surface area contributed by atoms with E-state index in [9.17, 15) is 8.42 Å². The molecule has 2 aromatic rings. The molecule has 0 spiro atoms. The molecule has 6 nitrogen and oxygen atoms in total. The van der Waals surface area contributed by atoms with E-state index in [2.05, 4.69) is 20.0 Å². The van der Waals surface area contributed by atoms with Crippen LogP contribution < -0.4 is 10.0 Å². The first kappa shape index (κ1) is 13.0. The maximum Gasteiger partial charge on any atom is 0.264 e. The topological polar surface area (TPSA) is 84.0 Å². The third-order valence-electron chi connectivity index (χ3n) is 3.17. The van der Waals surface area contributed by atoms with E-state index in [1.807, 2.05) is 6.07 Å². The zero-order valence-electron chi connectivity index (χ0n) is 10.7. The summed E-state index contributed by atoms with van der Waals surface area (Å²) < 4.78 is 26.9. The zero-order valence-corrected chi connectivity index (χ0v) is 11.5. The van der Waals surface area contributed by atoms with Crippen LogP contribution in [0.4, 0.5) is 5.95 Å². The van der Waals surface area contributed by atoms with E-state index in [-0.39, 0.29) is 10.8 Å². The van der Waals surface area contributed by atoms with Crippen LogP contribution in [0.15, 0.2) is 41.6 Å². The molecule has 1 aromatic carbocycles. The van der Waals surface area contributed by atoms with Gasteiger partial charge >= 0.3 is 0 Å². The van der Waals surface area contributed by atoms with Crippen LogP contribution in [0.2, 0.25) is 0 Å². The van der Waals surface area contributed by atoms with Crippen LogP contribution in [0.5, 0.6) is 0 Å². The second-order valence-electron chi connectivity index (χ2n) is 4.54. The van der Waals surface area contributed by atoms with Crippen molar-refractivity contribution in [3.63, 3.8) is 0 Å². The van der Waals surface area contributed by atoms with Gasteiger partial charge in [0.2, 0.25) is 5.95 Å². The molecule has 0 aliphatic carbocycles. The molecule has 104 valence electrons. The number of fused-ring (bicyclic) bond motifs is 1. The zero-order chi connectivity index (χ0) is 14.0. The van der Waals surface area contributed by atoms with Crippen molar-refractivity contribution in [1.82, 2.24) is 15.3 Å². The Kier molecular flexibility index (Phi) is 3.37. The summed E-state index contributed by atoms with van der Waals surface area (Å²) in [7, 11) is -3.65. The van der Waals surface area contributed by atoms with Crippen molar-refractivity contribution in [2.24, 2.45) is 0 Å². The van der Waals surface area contributed by atoms with Gasteiger partial charge in [-0.05, 0) is 42.3 Å². The molecule has 1 aliphatic heterocycles. The average molecular weight is 290 g/mol. The minimum atomic E-state index is -3.65. The van der Waals surface area contributed by atoms with E-state index in [0.29, 0.717) is 6.54 Å². The van der Waals surface area contributed by atoms with E-state index in [4.69, 9.17) is 0 Å². The monoisotopic (exact) mass is 290 g/mol. The second-order valence-corrected chi connectivity index (χ2v) is 6.22. The molecule has 2 heterocycles. The van der Waals surface area contributed by atoms with Crippen molar-refractivity contribution in [3.05, 3.63) is 47.8 Å². The van der Waals surface area contributed by atoms with Crippen molar-refractivity contribution >= 4 is 16.0 Å². The summed E-state index contributed by atoms with van der Waals surface area (Å²) in [5, 5.41) is 3.23. The molecule has 20 heavy (non-hydrogen) atoms. The highest BCUT2D eigenvalue weighted by Gasteiger charge is 2.18. The van der Waals surface area contributed by atoms with Crippen molar-refractivity contribution in [2.75, 3.05) is 11.3 Å². The van der Waals surface area contributed by atoms with Gasteiger partial charge < -0.3 is 5.32 Å². The molecular formula is C13H14N4O2S. The number of benzene rings is 1. The van der Waals surface area contributed by atoms with Crippen molar-refractivity contribution in [3.8, 4) is 0 Å². The van der Waals surface area contributed by atoms with Crippen LogP contribution in [-0.4, -0.2) is 24.9 Å². The SMILES string of the molecule is O=S(=O)(Nc1ncccn1)c1ccc2c(c1)CNCC2. The Bertz CT molecular complexity index is 716. The van der Waals surface area contributed by atoms with Gasteiger partial charge in [0.05, 0.1) is 4.90 Å². The smallest absolute Gasteiger partial charge is 0.264 e. The number of hydrogen-bond donors (Lipinski definition) is 2. The second kappa shape index (κ2) is 5.18. The highest BCUT2D eigenvalue weighted by atomic mass is 32.2. The molecule has 0 atom stereocenters. The third-order valence-corrected chi connectivity index (χ3v) is 4.49. The lowest BCUT2D eigenvalue weighted by atomic mass is 10.0. The molecular weight excluding hydrogens is 276 g/mol. The van der Waals surface area contributed by atoms with Crippen molar-refractivity contribution in [2.45, 2.75) is 17.9 Å². The lowest BCUT2D eigenvalue weighted by Gasteiger charge is -2.17. The number of nitrogens with zero attached hydrogens (tertiary/aromatic N) is 2. The van der Waals surface area contributed by atoms with Gasteiger partial charge in [-0.2, -0.15) is 0 Å². The van der Waals surface area contributed by atoms with Crippen LogP contribution in [0, 0.1) is 0 Å². The quantitative estimate of drug-likeness (QED) is 0.878. The van der Waals surface area contributed by atoms with Crippen molar-refractivity contribution in [1.29, 1.82) is 0 Å². The van der Waals surface area contributed by atoms with Gasteiger partial charge in [-0.25, -0.2) is 23.1 Å². The molecule has 0 saturated carbocycles. The Balaban J connectivity index is 1.91. The molecule has 1 aliphatic rings. The third kappa shape index (κ3) is 2.63. The van der Waals surface area contributed by atoms with Crippen LogP contribution in [-0.2, 0) is 23.0 Å². The first-order chi connectivity index (χ1) is 9.65. The van der Waals surface area contributed by atoms with Gasteiger partial charge in [0.15, 0.2) is 0 Å². The van der Waals surface area contributed by atoms with Gasteiger partial charge in [-0.3, -0.25) is 0 Å². The normalized spacial score (nSPS) is 14.6. The van der Waals surface area contributed by atoms with Crippen molar-refractivity contribution < 1.29 is 8.42 Å². The van der Waals surface area contributed by atoms with Gasteiger partial charge in [0.25, 0.3) is 10.0 Å². The molecule has 0 fully saturated rings. The highest BCUT2D eigenvalue weighted by molar-refractivity contribution is 7.92. The summed E-state index contributed by atoms with van der Waals surface area (Å²) in [6.45, 7) is 1.62. The summed E-state index contributed by atoms with van der Waals surface area (Å²) in [6, 6.07) is 6.82. The maximum atomic E-state index is 12.3. The largest absolute Gasteiger partial charge is 0.312 e. The van der Waals surface area contributed by atoms with Crippen LogP contribution in [0.25, 0.3) is 0 Å². The molecule has 0 amide bonds. The van der Waals surface area contributed by atoms with Gasteiger partial charge in [-0.1, -0.05) is 6.07 Å². The lowest BCUT2D eigenvalue weighted by Crippen LogP contribution is -2.24. The first-order valence-corrected chi connectivity index (χ1v) is 7.76. The molecule has 1 aromatic heterocycles. The number of sulfonamides is 1. The minimum Gasteiger partial charge on any atom is -0.312 e. The Hall–Kier alpha value is -1.99. The van der Waals surface area contributed by atoms with Crippen LogP contribution >= 0.6 is 0 Å². The van der Waals surface area contributed by atoms with Crippen LogP contribution in [0.3, 0.4) is 0 Å². The first-order valence-electron chi connectivity index (χ1n) is 6.27. The van der Waals surface area contributed by atoms with E-state index in [1.54, 1.807) is 18.2 Å². The highest BCUT2D eigenvalue weighted by Crippen LogP contribution is 2.20. The fraction of sp³-hybridized carbons (Fsp3) is 0.231. The summed E-state index contributed by atoms with van der Waals surface area (Å²) >= 11 is 0. The summed E-state index contributed by atoms with van der Waals surface area (Å²) in [5.41, 5.74) is 2.21. The van der Waals surface area contributed by atoms with E-state index < -0.39 is 10.0 Å². The van der Waals surface area contributed by atoms with Gasteiger partial charge in [0.1, 0.15) is 0 Å². The molecule has 2 N–H and O–H groups in total. The standard InChI is InChI=1S/C13H14N4O2S/c18-20(19,17-13-15-5-1-6-16-13)12-3-2-10-4-7-14-9-11(10)8-12/h1-3,5-6,8,14H,4,7,9H2,(H,15,16,17). The van der Waals surface area contributed by atoms with Crippen LogP contribution in [0.1, 0.15) is 11.1 Å². The molecule has 0 saturated heterocycles. The fourth-order valence-corrected chi connectivity index (χ4v) is 3.16. The average Bonchev–Trinajstić information content (AvgIpc) is 2.47. The molecule has 7 heteroatoms. The predicted octanol–water partition coefficient (Wildman–Crippen LogP) is 0.923. The summed E-state index contributed by atoms with van der Waals surface area (Å²) in [4.78, 5) is 7.96. The Morgan fingerprint density at radius 2 is 1.95 bits per heavy atom. The summed E-state index contributed by atoms with van der Waals surface area (Å²) in [5.74, 6) is 0.0725. The van der Waals surface area contributed by atoms with E-state index in [1.165, 1.54) is 18.0 Å². The predicted molar refractivity (Wildman–Crippen MR) is 74.7 cm³/mol. The molecule has 3 rings (SSSR count). The maximum absolute atomic E-state index is 12.3. The number of anilines is 1. The lowest BCUT2D eigenvalue weighted by molar-refractivity contribution is 0.599. The van der Waals surface area contributed by atoms with E-state index >= 15 is 0 Å². The van der Waals surface area contributed by atoms with Gasteiger partial charge in [0, 0.05) is 18.9 Å².